The lowest BCUT2D eigenvalue weighted by molar-refractivity contribution is -0.148. The molecule has 5 N–H and O–H groups in total. The van der Waals surface area contributed by atoms with E-state index in [9.17, 15) is 15.3 Å². The summed E-state index contributed by atoms with van der Waals surface area (Å²) in [5.41, 5.74) is 4.39. The number of imidazole rings is 1. The van der Waals surface area contributed by atoms with Crippen molar-refractivity contribution in [3.8, 4) is 0 Å². The minimum atomic E-state index is -1.87. The highest BCUT2D eigenvalue weighted by atomic mass is 16.6. The molecule has 2 aromatic heterocycles. The zero-order valence-electron chi connectivity index (χ0n) is 10.7. The second-order valence-corrected chi connectivity index (χ2v) is 4.79. The van der Waals surface area contributed by atoms with Crippen LogP contribution in [0.15, 0.2) is 12.7 Å². The predicted molar refractivity (Wildman–Crippen MR) is 67.4 cm³/mol. The van der Waals surface area contributed by atoms with Crippen LogP contribution in [0.2, 0.25) is 0 Å². The standard InChI is InChI=1S/C11H15N5O4/c1-5-8(18)11(19,6(2-17)20-5)16-4-15-7-9(12)13-3-14-10(7)16/h3-6,8,17-19H,2H2,1H3,(H2,12,13,14)/t5-,6+,8-,11-/m0/s1. The minimum absolute atomic E-state index is 0.166. The zero-order chi connectivity index (χ0) is 14.5. The summed E-state index contributed by atoms with van der Waals surface area (Å²) < 4.78 is 6.63. The first-order valence-electron chi connectivity index (χ1n) is 6.11. The summed E-state index contributed by atoms with van der Waals surface area (Å²) >= 11 is 0. The number of hydrogen-bond donors (Lipinski definition) is 4. The number of nitrogen functional groups attached to an aromatic ring is 1. The van der Waals surface area contributed by atoms with Crippen LogP contribution in [0.25, 0.3) is 11.2 Å². The Kier molecular flexibility index (Phi) is 2.87. The fourth-order valence-corrected chi connectivity index (χ4v) is 2.56. The molecule has 0 unspecified atom stereocenters. The summed E-state index contributed by atoms with van der Waals surface area (Å²) in [6.45, 7) is 1.14. The molecular weight excluding hydrogens is 266 g/mol. The van der Waals surface area contributed by atoms with Gasteiger partial charge in [-0.05, 0) is 6.92 Å². The number of nitrogens with two attached hydrogens (primary N) is 1. The maximum atomic E-state index is 10.8. The molecule has 108 valence electrons. The molecule has 1 aliphatic rings. The number of hydrogen-bond acceptors (Lipinski definition) is 8. The second-order valence-electron chi connectivity index (χ2n) is 4.79. The smallest absolute Gasteiger partial charge is 0.202 e. The molecule has 9 heteroatoms. The van der Waals surface area contributed by atoms with Gasteiger partial charge in [0, 0.05) is 0 Å². The van der Waals surface area contributed by atoms with Crippen LogP contribution in [0.3, 0.4) is 0 Å². The molecule has 0 saturated carbocycles. The van der Waals surface area contributed by atoms with Gasteiger partial charge in [-0.3, -0.25) is 4.57 Å². The van der Waals surface area contributed by atoms with E-state index in [-0.39, 0.29) is 11.5 Å². The van der Waals surface area contributed by atoms with Crippen molar-refractivity contribution in [3.63, 3.8) is 0 Å². The Morgan fingerprint density at radius 1 is 1.45 bits per heavy atom. The Morgan fingerprint density at radius 3 is 2.90 bits per heavy atom. The fraction of sp³-hybridized carbons (Fsp3) is 0.545. The van der Waals surface area contributed by atoms with Crippen LogP contribution in [0, 0.1) is 0 Å². The van der Waals surface area contributed by atoms with Gasteiger partial charge in [0.25, 0.3) is 0 Å². The van der Waals surface area contributed by atoms with Crippen molar-refractivity contribution >= 4 is 17.0 Å². The molecule has 0 aliphatic carbocycles. The third-order valence-electron chi connectivity index (χ3n) is 3.65. The average Bonchev–Trinajstić information content (AvgIpc) is 2.96. The lowest BCUT2D eigenvalue weighted by Gasteiger charge is -2.31. The molecule has 0 radical (unpaired) electrons. The number of nitrogens with zero attached hydrogens (tertiary/aromatic N) is 4. The number of aromatic nitrogens is 4. The van der Waals surface area contributed by atoms with E-state index in [0.29, 0.717) is 5.52 Å². The molecule has 1 fully saturated rings. The van der Waals surface area contributed by atoms with Crippen molar-refractivity contribution in [2.75, 3.05) is 12.3 Å². The molecule has 0 aromatic carbocycles. The van der Waals surface area contributed by atoms with Crippen molar-refractivity contribution in [3.05, 3.63) is 12.7 Å². The van der Waals surface area contributed by atoms with Crippen LogP contribution in [0.5, 0.6) is 0 Å². The third-order valence-corrected chi connectivity index (χ3v) is 3.65. The van der Waals surface area contributed by atoms with Crippen LogP contribution in [-0.4, -0.2) is 59.8 Å². The number of aliphatic hydroxyl groups is 3. The van der Waals surface area contributed by atoms with Crippen LogP contribution in [-0.2, 0) is 10.5 Å². The van der Waals surface area contributed by atoms with E-state index in [1.54, 1.807) is 6.92 Å². The maximum Gasteiger partial charge on any atom is 0.202 e. The van der Waals surface area contributed by atoms with Crippen molar-refractivity contribution < 1.29 is 20.1 Å². The first kappa shape index (κ1) is 13.2. The van der Waals surface area contributed by atoms with Crippen LogP contribution in [0.1, 0.15) is 6.92 Å². The van der Waals surface area contributed by atoms with Gasteiger partial charge in [0.15, 0.2) is 11.5 Å². The van der Waals surface area contributed by atoms with Crippen molar-refractivity contribution in [2.24, 2.45) is 0 Å². The highest BCUT2D eigenvalue weighted by Crippen LogP contribution is 2.37. The van der Waals surface area contributed by atoms with E-state index in [2.05, 4.69) is 15.0 Å². The number of ether oxygens (including phenoxy) is 1. The minimum Gasteiger partial charge on any atom is -0.393 e. The van der Waals surface area contributed by atoms with E-state index in [1.165, 1.54) is 17.2 Å². The van der Waals surface area contributed by atoms with E-state index >= 15 is 0 Å². The highest BCUT2D eigenvalue weighted by Gasteiger charge is 2.55. The lowest BCUT2D eigenvalue weighted by atomic mass is 10.0. The van der Waals surface area contributed by atoms with Gasteiger partial charge in [0.1, 0.15) is 24.1 Å². The topological polar surface area (TPSA) is 140 Å². The molecule has 20 heavy (non-hydrogen) atoms. The molecule has 3 heterocycles. The van der Waals surface area contributed by atoms with Gasteiger partial charge in [0.05, 0.1) is 19.0 Å². The second kappa shape index (κ2) is 4.35. The predicted octanol–water partition coefficient (Wildman–Crippen LogP) is -1.81. The largest absolute Gasteiger partial charge is 0.393 e. The van der Waals surface area contributed by atoms with Crippen LogP contribution < -0.4 is 5.73 Å². The Morgan fingerprint density at radius 2 is 2.20 bits per heavy atom. The van der Waals surface area contributed by atoms with E-state index in [0.717, 1.165) is 0 Å². The van der Waals surface area contributed by atoms with Gasteiger partial charge in [-0.25, -0.2) is 15.0 Å². The number of fused-ring (bicyclic) bond motifs is 1. The Bertz CT molecular complexity index is 647. The van der Waals surface area contributed by atoms with Crippen molar-refractivity contribution in [1.82, 2.24) is 19.5 Å². The van der Waals surface area contributed by atoms with E-state index in [4.69, 9.17) is 10.5 Å². The van der Waals surface area contributed by atoms with E-state index in [1.807, 2.05) is 0 Å². The van der Waals surface area contributed by atoms with Gasteiger partial charge in [-0.15, -0.1) is 0 Å². The molecule has 2 aromatic rings. The number of anilines is 1. The number of rotatable bonds is 2. The zero-order valence-corrected chi connectivity index (χ0v) is 10.7. The highest BCUT2D eigenvalue weighted by molar-refractivity contribution is 5.81. The van der Waals surface area contributed by atoms with E-state index < -0.39 is 30.6 Å². The Hall–Kier alpha value is -1.81. The third kappa shape index (κ3) is 1.54. The molecule has 0 spiro atoms. The lowest BCUT2D eigenvalue weighted by Crippen LogP contribution is -2.51. The van der Waals surface area contributed by atoms with Gasteiger partial charge >= 0.3 is 0 Å². The maximum absolute atomic E-state index is 10.8. The van der Waals surface area contributed by atoms with Crippen LogP contribution in [0.4, 0.5) is 5.82 Å². The Labute approximate surface area is 113 Å². The Balaban J connectivity index is 2.20. The molecule has 9 nitrogen and oxygen atoms in total. The summed E-state index contributed by atoms with van der Waals surface area (Å²) in [4.78, 5) is 11.9. The first-order valence-corrected chi connectivity index (χ1v) is 6.11. The molecule has 1 saturated heterocycles. The monoisotopic (exact) mass is 281 g/mol. The van der Waals surface area contributed by atoms with Gasteiger partial charge < -0.3 is 25.8 Å². The van der Waals surface area contributed by atoms with Gasteiger partial charge in [0.2, 0.25) is 5.72 Å². The summed E-state index contributed by atoms with van der Waals surface area (Å²) in [6, 6.07) is 0. The van der Waals surface area contributed by atoms with Gasteiger partial charge in [-0.1, -0.05) is 0 Å². The quantitative estimate of drug-likeness (QED) is 0.505. The first-order chi connectivity index (χ1) is 9.50. The number of aliphatic hydroxyl groups excluding tert-OH is 2. The molecule has 1 aliphatic heterocycles. The van der Waals surface area contributed by atoms with Crippen molar-refractivity contribution in [1.29, 1.82) is 0 Å². The molecule has 4 atom stereocenters. The summed E-state index contributed by atoms with van der Waals surface area (Å²) in [5, 5.41) is 30.4. The fourth-order valence-electron chi connectivity index (χ4n) is 2.56. The van der Waals surface area contributed by atoms with Gasteiger partial charge in [-0.2, -0.15) is 0 Å². The summed E-state index contributed by atoms with van der Waals surface area (Å²) in [7, 11) is 0. The summed E-state index contributed by atoms with van der Waals surface area (Å²) in [5.74, 6) is 0.166. The normalized spacial score (nSPS) is 33.9. The molecule has 3 rings (SSSR count). The SMILES string of the molecule is C[C@@H]1O[C@H](CO)[C@@](O)(n2cnc3c(N)ncnc32)[C@H]1O. The summed E-state index contributed by atoms with van der Waals surface area (Å²) in [6.07, 6.45) is -0.356. The van der Waals surface area contributed by atoms with Crippen LogP contribution >= 0.6 is 0 Å². The molecule has 0 bridgehead atoms. The van der Waals surface area contributed by atoms with Crippen molar-refractivity contribution in [2.45, 2.75) is 31.0 Å². The molecular formula is C11H15N5O4. The molecule has 0 amide bonds. The average molecular weight is 281 g/mol.